The zero-order chi connectivity index (χ0) is 25.6. The molecule has 0 aliphatic carbocycles. The summed E-state index contributed by atoms with van der Waals surface area (Å²) in [4.78, 5) is 27.9. The van der Waals surface area contributed by atoms with Gasteiger partial charge in [-0.2, -0.15) is 0 Å². The lowest BCUT2D eigenvalue weighted by Crippen LogP contribution is -2.54. The standard InChI is InChI=1S/C28H21Cl2N3O2S/c1-16-6-5-9-24(17(16)2)33-27(35)21(26(34)31-28(33)36)13-19-15-32(25-8-4-3-7-20(19)25)14-18-10-11-22(29)23(30)12-18/h3-13,15H,14H2,1-2H3,(H,31,34,36)/b21-13+. The Bertz CT molecular complexity index is 1610. The second kappa shape index (κ2) is 9.54. The molecule has 0 atom stereocenters. The molecule has 3 aromatic carbocycles. The van der Waals surface area contributed by atoms with E-state index >= 15 is 0 Å². The van der Waals surface area contributed by atoms with Crippen LogP contribution in [0.1, 0.15) is 22.3 Å². The normalized spacial score (nSPS) is 15.2. The van der Waals surface area contributed by atoms with Gasteiger partial charge in [0.15, 0.2) is 5.11 Å². The van der Waals surface area contributed by atoms with Crippen molar-refractivity contribution in [2.45, 2.75) is 20.4 Å². The van der Waals surface area contributed by atoms with Crippen molar-refractivity contribution in [2.75, 3.05) is 4.90 Å². The molecular formula is C28H21Cl2N3O2S. The Morgan fingerprint density at radius 1 is 0.972 bits per heavy atom. The Labute approximate surface area is 223 Å². The minimum Gasteiger partial charge on any atom is -0.342 e. The van der Waals surface area contributed by atoms with Crippen molar-refractivity contribution >= 4 is 75.0 Å². The molecule has 1 aliphatic rings. The fourth-order valence-electron chi connectivity index (χ4n) is 4.37. The van der Waals surface area contributed by atoms with E-state index in [2.05, 4.69) is 9.88 Å². The number of thiocarbonyl (C=S) groups is 1. The first-order valence-corrected chi connectivity index (χ1v) is 12.4. The quantitative estimate of drug-likeness (QED) is 0.186. The molecule has 4 aromatic rings. The Morgan fingerprint density at radius 2 is 1.75 bits per heavy atom. The maximum Gasteiger partial charge on any atom is 0.270 e. The lowest BCUT2D eigenvalue weighted by Gasteiger charge is -2.30. The van der Waals surface area contributed by atoms with Crippen molar-refractivity contribution in [3.63, 3.8) is 0 Å². The van der Waals surface area contributed by atoms with Gasteiger partial charge in [0.25, 0.3) is 11.8 Å². The number of rotatable bonds is 4. The number of amides is 2. The molecule has 180 valence electrons. The Morgan fingerprint density at radius 3 is 2.53 bits per heavy atom. The summed E-state index contributed by atoms with van der Waals surface area (Å²) in [6.07, 6.45) is 3.56. The number of nitrogens with zero attached hydrogens (tertiary/aromatic N) is 2. The van der Waals surface area contributed by atoms with Crippen LogP contribution in [0.2, 0.25) is 10.0 Å². The summed E-state index contributed by atoms with van der Waals surface area (Å²) in [5.41, 5.74) is 5.29. The number of aryl methyl sites for hydroxylation is 1. The highest BCUT2D eigenvalue weighted by Gasteiger charge is 2.35. The summed E-state index contributed by atoms with van der Waals surface area (Å²) in [5, 5.41) is 4.64. The summed E-state index contributed by atoms with van der Waals surface area (Å²) in [6.45, 7) is 4.44. The maximum atomic E-state index is 13.6. The number of carbonyl (C=O) groups excluding carboxylic acids is 2. The molecule has 2 heterocycles. The third-order valence-corrected chi connectivity index (χ3v) is 7.40. The number of para-hydroxylation sites is 1. The van der Waals surface area contributed by atoms with E-state index in [4.69, 9.17) is 35.4 Å². The van der Waals surface area contributed by atoms with Crippen LogP contribution in [0.5, 0.6) is 0 Å². The van der Waals surface area contributed by atoms with E-state index in [-0.39, 0.29) is 10.7 Å². The van der Waals surface area contributed by atoms with Gasteiger partial charge in [0.1, 0.15) is 5.57 Å². The second-order valence-electron chi connectivity index (χ2n) is 8.65. The smallest absolute Gasteiger partial charge is 0.270 e. The molecule has 0 bridgehead atoms. The van der Waals surface area contributed by atoms with Gasteiger partial charge >= 0.3 is 0 Å². The van der Waals surface area contributed by atoms with Gasteiger partial charge in [0.2, 0.25) is 0 Å². The SMILES string of the molecule is Cc1cccc(N2C(=O)/C(=C/c3cn(Cc4ccc(Cl)c(Cl)c4)c4ccccc34)C(=O)NC2=S)c1C. The summed E-state index contributed by atoms with van der Waals surface area (Å²) < 4.78 is 2.06. The zero-order valence-corrected chi connectivity index (χ0v) is 21.8. The summed E-state index contributed by atoms with van der Waals surface area (Å²) in [6, 6.07) is 19.0. The second-order valence-corrected chi connectivity index (χ2v) is 9.86. The van der Waals surface area contributed by atoms with E-state index < -0.39 is 11.8 Å². The molecule has 8 heteroatoms. The monoisotopic (exact) mass is 533 g/mol. The minimum absolute atomic E-state index is 0.0157. The van der Waals surface area contributed by atoms with Gasteiger partial charge < -0.3 is 4.57 Å². The lowest BCUT2D eigenvalue weighted by atomic mass is 10.0. The Balaban J connectivity index is 1.58. The van der Waals surface area contributed by atoms with Crippen LogP contribution in [-0.2, 0) is 16.1 Å². The third kappa shape index (κ3) is 4.32. The fraction of sp³-hybridized carbons (Fsp3) is 0.107. The summed E-state index contributed by atoms with van der Waals surface area (Å²) in [7, 11) is 0. The molecule has 0 spiro atoms. The van der Waals surface area contributed by atoms with Gasteiger partial charge in [-0.05, 0) is 73.1 Å². The van der Waals surface area contributed by atoms with Crippen LogP contribution in [0, 0.1) is 13.8 Å². The molecular weight excluding hydrogens is 513 g/mol. The van der Waals surface area contributed by atoms with E-state index in [1.165, 1.54) is 4.90 Å². The van der Waals surface area contributed by atoms with Crippen LogP contribution in [0.4, 0.5) is 5.69 Å². The van der Waals surface area contributed by atoms with E-state index in [0.29, 0.717) is 22.3 Å². The van der Waals surface area contributed by atoms with E-state index in [1.807, 2.05) is 74.6 Å². The first kappa shape index (κ1) is 24.3. The van der Waals surface area contributed by atoms with Crippen molar-refractivity contribution in [2.24, 2.45) is 0 Å². The number of halogens is 2. The number of hydrogen-bond donors (Lipinski definition) is 1. The molecule has 1 saturated heterocycles. The number of hydrogen-bond acceptors (Lipinski definition) is 3. The van der Waals surface area contributed by atoms with Crippen LogP contribution in [-0.4, -0.2) is 21.5 Å². The lowest BCUT2D eigenvalue weighted by molar-refractivity contribution is -0.122. The molecule has 1 aliphatic heterocycles. The molecule has 0 saturated carbocycles. The largest absolute Gasteiger partial charge is 0.342 e. The van der Waals surface area contributed by atoms with Crippen LogP contribution in [0.3, 0.4) is 0 Å². The Hall–Kier alpha value is -3.45. The predicted molar refractivity (Wildman–Crippen MR) is 150 cm³/mol. The molecule has 1 N–H and O–H groups in total. The topological polar surface area (TPSA) is 54.3 Å². The number of aromatic nitrogens is 1. The Kier molecular flexibility index (Phi) is 6.43. The number of anilines is 1. The van der Waals surface area contributed by atoms with Gasteiger partial charge in [-0.25, -0.2) is 0 Å². The van der Waals surface area contributed by atoms with Gasteiger partial charge in [0.05, 0.1) is 15.7 Å². The number of benzene rings is 3. The van der Waals surface area contributed by atoms with Crippen LogP contribution < -0.4 is 10.2 Å². The maximum absolute atomic E-state index is 13.6. The molecule has 0 radical (unpaired) electrons. The van der Waals surface area contributed by atoms with Crippen molar-refractivity contribution < 1.29 is 9.59 Å². The van der Waals surface area contributed by atoms with Crippen LogP contribution in [0.25, 0.3) is 17.0 Å². The number of carbonyl (C=O) groups is 2. The van der Waals surface area contributed by atoms with E-state index in [0.717, 1.165) is 33.2 Å². The predicted octanol–water partition coefficient (Wildman–Crippen LogP) is 6.44. The first-order valence-electron chi connectivity index (χ1n) is 11.2. The molecule has 5 rings (SSSR count). The van der Waals surface area contributed by atoms with Crippen molar-refractivity contribution in [1.82, 2.24) is 9.88 Å². The third-order valence-electron chi connectivity index (χ3n) is 6.37. The molecule has 1 aromatic heterocycles. The van der Waals surface area contributed by atoms with Crippen LogP contribution in [0.15, 0.2) is 72.4 Å². The average Bonchev–Trinajstić information content (AvgIpc) is 3.19. The highest BCUT2D eigenvalue weighted by atomic mass is 35.5. The highest BCUT2D eigenvalue weighted by molar-refractivity contribution is 7.80. The van der Waals surface area contributed by atoms with E-state index in [9.17, 15) is 9.59 Å². The van der Waals surface area contributed by atoms with Gasteiger partial charge in [0, 0.05) is 29.2 Å². The average molecular weight is 534 g/mol. The molecule has 5 nitrogen and oxygen atoms in total. The first-order chi connectivity index (χ1) is 17.2. The molecule has 0 unspecified atom stereocenters. The van der Waals surface area contributed by atoms with Crippen molar-refractivity contribution in [3.05, 3.63) is 105 Å². The number of nitrogens with one attached hydrogen (secondary N) is 1. The van der Waals surface area contributed by atoms with Gasteiger partial charge in [-0.3, -0.25) is 19.8 Å². The molecule has 36 heavy (non-hydrogen) atoms. The molecule has 1 fully saturated rings. The number of fused-ring (bicyclic) bond motifs is 1. The van der Waals surface area contributed by atoms with Gasteiger partial charge in [-0.15, -0.1) is 0 Å². The van der Waals surface area contributed by atoms with Crippen molar-refractivity contribution in [3.8, 4) is 0 Å². The van der Waals surface area contributed by atoms with E-state index in [1.54, 1.807) is 12.1 Å². The zero-order valence-electron chi connectivity index (χ0n) is 19.5. The minimum atomic E-state index is -0.520. The van der Waals surface area contributed by atoms with Crippen molar-refractivity contribution in [1.29, 1.82) is 0 Å². The van der Waals surface area contributed by atoms with Crippen LogP contribution >= 0.6 is 35.4 Å². The summed E-state index contributed by atoms with van der Waals surface area (Å²) >= 11 is 17.7. The van der Waals surface area contributed by atoms with Gasteiger partial charge in [-0.1, -0.05) is 59.6 Å². The summed E-state index contributed by atoms with van der Waals surface area (Å²) in [5.74, 6) is -0.980. The molecule has 2 amide bonds. The highest BCUT2D eigenvalue weighted by Crippen LogP contribution is 2.30. The fourth-order valence-corrected chi connectivity index (χ4v) is 4.96.